The zero-order valence-electron chi connectivity index (χ0n) is 8.97. The minimum atomic E-state index is -0.278. The van der Waals surface area contributed by atoms with Gasteiger partial charge >= 0.3 is 0 Å². The summed E-state index contributed by atoms with van der Waals surface area (Å²) in [6.45, 7) is 0. The molecule has 0 fully saturated rings. The van der Waals surface area contributed by atoms with Crippen LogP contribution in [0.2, 0.25) is 0 Å². The van der Waals surface area contributed by atoms with E-state index in [9.17, 15) is 4.39 Å². The molecule has 0 unspecified atom stereocenters. The van der Waals surface area contributed by atoms with E-state index in [4.69, 9.17) is 5.73 Å². The molecule has 0 bridgehead atoms. The highest BCUT2D eigenvalue weighted by atomic mass is 19.1. The van der Waals surface area contributed by atoms with Crippen molar-refractivity contribution in [1.82, 2.24) is 9.55 Å². The highest BCUT2D eigenvalue weighted by Crippen LogP contribution is 2.19. The van der Waals surface area contributed by atoms with Gasteiger partial charge in [0.1, 0.15) is 12.1 Å². The van der Waals surface area contributed by atoms with Crippen LogP contribution in [0, 0.1) is 5.82 Å². The van der Waals surface area contributed by atoms with Crippen LogP contribution in [0.4, 0.5) is 10.1 Å². The molecule has 0 aliphatic rings. The minimum Gasteiger partial charge on any atom is -0.399 e. The fourth-order valence-corrected chi connectivity index (χ4v) is 1.83. The molecule has 0 amide bonds. The zero-order valence-corrected chi connectivity index (χ0v) is 8.97. The van der Waals surface area contributed by atoms with E-state index in [1.54, 1.807) is 12.4 Å². The van der Waals surface area contributed by atoms with Crippen LogP contribution in [0.25, 0.3) is 16.7 Å². The van der Waals surface area contributed by atoms with E-state index in [0.717, 1.165) is 11.2 Å². The van der Waals surface area contributed by atoms with E-state index in [2.05, 4.69) is 4.98 Å². The van der Waals surface area contributed by atoms with Gasteiger partial charge in [-0.3, -0.25) is 4.57 Å². The lowest BCUT2D eigenvalue weighted by atomic mass is 10.2. The number of hydrogen-bond acceptors (Lipinski definition) is 2. The Labute approximate surface area is 97.3 Å². The van der Waals surface area contributed by atoms with Gasteiger partial charge in [-0.25, -0.2) is 9.37 Å². The second-order valence-corrected chi connectivity index (χ2v) is 3.84. The van der Waals surface area contributed by atoms with Crippen LogP contribution >= 0.6 is 0 Å². The van der Waals surface area contributed by atoms with Gasteiger partial charge < -0.3 is 5.73 Å². The van der Waals surface area contributed by atoms with E-state index in [0.29, 0.717) is 11.2 Å². The van der Waals surface area contributed by atoms with Gasteiger partial charge in [-0.2, -0.15) is 0 Å². The number of aromatic nitrogens is 2. The first-order valence-corrected chi connectivity index (χ1v) is 5.22. The standard InChI is InChI=1S/C13H10FN3/c14-9-1-6-13-12(7-9)16-8-17(13)11-4-2-10(15)3-5-11/h1-8H,15H2. The third-order valence-electron chi connectivity index (χ3n) is 2.68. The van der Waals surface area contributed by atoms with Crippen LogP contribution < -0.4 is 5.73 Å². The third-order valence-corrected chi connectivity index (χ3v) is 2.68. The van der Waals surface area contributed by atoms with Crippen molar-refractivity contribution in [2.45, 2.75) is 0 Å². The largest absolute Gasteiger partial charge is 0.399 e. The highest BCUT2D eigenvalue weighted by molar-refractivity contribution is 5.77. The van der Waals surface area contributed by atoms with Gasteiger partial charge in [0.2, 0.25) is 0 Å². The molecule has 3 aromatic rings. The summed E-state index contributed by atoms with van der Waals surface area (Å²) < 4.78 is 14.9. The van der Waals surface area contributed by atoms with E-state index in [1.807, 2.05) is 28.8 Å². The Bertz CT molecular complexity index is 671. The van der Waals surface area contributed by atoms with Crippen LogP contribution in [-0.4, -0.2) is 9.55 Å². The Morgan fingerprint density at radius 3 is 2.59 bits per heavy atom. The maximum absolute atomic E-state index is 13.0. The molecule has 2 N–H and O–H groups in total. The lowest BCUT2D eigenvalue weighted by Crippen LogP contribution is -1.92. The first-order valence-electron chi connectivity index (χ1n) is 5.22. The summed E-state index contributed by atoms with van der Waals surface area (Å²) in [6, 6.07) is 12.0. The SMILES string of the molecule is Nc1ccc(-n2cnc3cc(F)ccc32)cc1. The first kappa shape index (κ1) is 9.84. The molecule has 84 valence electrons. The molecule has 1 aromatic heterocycles. The molecule has 0 saturated heterocycles. The van der Waals surface area contributed by atoms with Crippen LogP contribution in [0.3, 0.4) is 0 Å². The van der Waals surface area contributed by atoms with Gasteiger partial charge in [-0.1, -0.05) is 0 Å². The van der Waals surface area contributed by atoms with Gasteiger partial charge in [-0.05, 0) is 36.4 Å². The smallest absolute Gasteiger partial charge is 0.125 e. The average molecular weight is 227 g/mol. The first-order chi connectivity index (χ1) is 8.24. The summed E-state index contributed by atoms with van der Waals surface area (Å²) in [4.78, 5) is 4.17. The second-order valence-electron chi connectivity index (χ2n) is 3.84. The number of nitrogens with zero attached hydrogens (tertiary/aromatic N) is 2. The van der Waals surface area contributed by atoms with Crippen molar-refractivity contribution in [1.29, 1.82) is 0 Å². The molecule has 0 radical (unpaired) electrons. The number of benzene rings is 2. The Kier molecular flexibility index (Phi) is 2.08. The normalized spacial score (nSPS) is 10.9. The van der Waals surface area contributed by atoms with Gasteiger partial charge in [-0.15, -0.1) is 0 Å². The van der Waals surface area contributed by atoms with Gasteiger partial charge in [0.15, 0.2) is 0 Å². The number of imidazole rings is 1. The summed E-state index contributed by atoms with van der Waals surface area (Å²) in [5, 5.41) is 0. The molecular weight excluding hydrogens is 217 g/mol. The third kappa shape index (κ3) is 1.63. The van der Waals surface area contributed by atoms with E-state index in [-0.39, 0.29) is 5.82 Å². The molecule has 0 aliphatic carbocycles. The molecule has 0 atom stereocenters. The van der Waals surface area contributed by atoms with Crippen LogP contribution in [0.5, 0.6) is 0 Å². The maximum Gasteiger partial charge on any atom is 0.125 e. The lowest BCUT2D eigenvalue weighted by molar-refractivity contribution is 0.629. The molecule has 2 aromatic carbocycles. The van der Waals surface area contributed by atoms with Crippen LogP contribution in [-0.2, 0) is 0 Å². The Hall–Kier alpha value is -2.36. The van der Waals surface area contributed by atoms with Crippen LogP contribution in [0.1, 0.15) is 0 Å². The number of nitrogens with two attached hydrogens (primary N) is 1. The summed E-state index contributed by atoms with van der Waals surface area (Å²) in [5.41, 5.74) is 8.81. The monoisotopic (exact) mass is 227 g/mol. The Morgan fingerprint density at radius 1 is 1.06 bits per heavy atom. The summed E-state index contributed by atoms with van der Waals surface area (Å²) in [7, 11) is 0. The van der Waals surface area contributed by atoms with Crippen molar-refractivity contribution in [3.8, 4) is 5.69 Å². The second kappa shape index (κ2) is 3.59. The number of fused-ring (bicyclic) bond motifs is 1. The number of hydrogen-bond donors (Lipinski definition) is 1. The topological polar surface area (TPSA) is 43.8 Å². The minimum absolute atomic E-state index is 0.278. The fourth-order valence-electron chi connectivity index (χ4n) is 1.83. The van der Waals surface area contributed by atoms with Crippen molar-refractivity contribution in [3.63, 3.8) is 0 Å². The lowest BCUT2D eigenvalue weighted by Gasteiger charge is -2.04. The fraction of sp³-hybridized carbons (Fsp3) is 0. The molecule has 3 nitrogen and oxygen atoms in total. The molecule has 3 rings (SSSR count). The molecule has 1 heterocycles. The predicted octanol–water partition coefficient (Wildman–Crippen LogP) is 2.75. The predicted molar refractivity (Wildman–Crippen MR) is 65.4 cm³/mol. The highest BCUT2D eigenvalue weighted by Gasteiger charge is 2.05. The van der Waals surface area contributed by atoms with Crippen molar-refractivity contribution in [2.24, 2.45) is 0 Å². The van der Waals surface area contributed by atoms with Gasteiger partial charge in [0, 0.05) is 17.4 Å². The van der Waals surface area contributed by atoms with Crippen molar-refractivity contribution in [3.05, 3.63) is 54.6 Å². The quantitative estimate of drug-likeness (QED) is 0.649. The Morgan fingerprint density at radius 2 is 1.82 bits per heavy atom. The summed E-state index contributed by atoms with van der Waals surface area (Å²) in [5.74, 6) is -0.278. The molecule has 0 saturated carbocycles. The van der Waals surface area contributed by atoms with E-state index < -0.39 is 0 Å². The molecule has 17 heavy (non-hydrogen) atoms. The molecule has 0 aliphatic heterocycles. The van der Waals surface area contributed by atoms with Crippen molar-refractivity contribution in [2.75, 3.05) is 5.73 Å². The van der Waals surface area contributed by atoms with Crippen molar-refractivity contribution >= 4 is 16.7 Å². The zero-order chi connectivity index (χ0) is 11.8. The number of halogens is 1. The average Bonchev–Trinajstić information content (AvgIpc) is 2.73. The molecular formula is C13H10FN3. The molecule has 4 heteroatoms. The maximum atomic E-state index is 13.0. The van der Waals surface area contributed by atoms with Gasteiger partial charge in [0.25, 0.3) is 0 Å². The van der Waals surface area contributed by atoms with Crippen molar-refractivity contribution < 1.29 is 4.39 Å². The van der Waals surface area contributed by atoms with E-state index in [1.165, 1.54) is 12.1 Å². The van der Waals surface area contributed by atoms with Crippen LogP contribution in [0.15, 0.2) is 48.8 Å². The molecule has 0 spiro atoms. The Balaban J connectivity index is 2.21. The summed E-state index contributed by atoms with van der Waals surface area (Å²) in [6.07, 6.45) is 1.68. The number of rotatable bonds is 1. The number of nitrogen functional groups attached to an aromatic ring is 1. The van der Waals surface area contributed by atoms with E-state index >= 15 is 0 Å². The number of anilines is 1. The summed E-state index contributed by atoms with van der Waals surface area (Å²) >= 11 is 0. The van der Waals surface area contributed by atoms with Gasteiger partial charge in [0.05, 0.1) is 11.0 Å².